The van der Waals surface area contributed by atoms with Gasteiger partial charge < -0.3 is 5.32 Å². The summed E-state index contributed by atoms with van der Waals surface area (Å²) in [5, 5.41) is 3.25. The van der Waals surface area contributed by atoms with Crippen molar-refractivity contribution in [3.63, 3.8) is 0 Å². The molecule has 0 radical (unpaired) electrons. The molecule has 1 atom stereocenters. The van der Waals surface area contributed by atoms with Crippen molar-refractivity contribution in [1.29, 1.82) is 0 Å². The van der Waals surface area contributed by atoms with Crippen LogP contribution in [0.1, 0.15) is 26.5 Å². The second kappa shape index (κ2) is 7.29. The third kappa shape index (κ3) is 4.34. The minimum absolute atomic E-state index is 0.258. The van der Waals surface area contributed by atoms with Crippen molar-refractivity contribution in [2.24, 2.45) is 5.92 Å². The number of rotatable bonds is 5. The van der Waals surface area contributed by atoms with Crippen molar-refractivity contribution in [2.45, 2.75) is 33.4 Å². The molecule has 118 valence electrons. The van der Waals surface area contributed by atoms with Gasteiger partial charge in [-0.2, -0.15) is 0 Å². The minimum atomic E-state index is -0.359. The van der Waals surface area contributed by atoms with E-state index in [0.717, 1.165) is 0 Å². The molecule has 22 heavy (non-hydrogen) atoms. The number of benzene rings is 1. The largest absolute Gasteiger partial charge is 0.308 e. The molecule has 0 fully saturated rings. The van der Waals surface area contributed by atoms with Crippen LogP contribution in [0.4, 0.5) is 8.78 Å². The third-order valence-corrected chi connectivity index (χ3v) is 4.13. The number of hydrogen-bond acceptors (Lipinski definition) is 2. The first kappa shape index (κ1) is 17.0. The summed E-state index contributed by atoms with van der Waals surface area (Å²) >= 11 is 3.25. The summed E-state index contributed by atoms with van der Waals surface area (Å²) in [4.78, 5) is 4.33. The fraction of sp³-hybridized carbons (Fsp3) is 0.353. The number of nitrogens with one attached hydrogen (secondary N) is 1. The van der Waals surface area contributed by atoms with Gasteiger partial charge in [-0.3, -0.25) is 0 Å². The molecular weight excluding hydrogens is 350 g/mol. The third-order valence-electron chi connectivity index (χ3n) is 3.67. The molecule has 0 spiro atoms. The van der Waals surface area contributed by atoms with E-state index in [-0.39, 0.29) is 17.7 Å². The normalized spacial score (nSPS) is 12.7. The first-order valence-electron chi connectivity index (χ1n) is 7.22. The average molecular weight is 369 g/mol. The highest BCUT2D eigenvalue weighted by Crippen LogP contribution is 2.24. The van der Waals surface area contributed by atoms with Gasteiger partial charge >= 0.3 is 0 Å². The maximum atomic E-state index is 13.9. The number of hydrogen-bond donors (Lipinski definition) is 1. The van der Waals surface area contributed by atoms with Crippen LogP contribution in [0.3, 0.4) is 0 Å². The van der Waals surface area contributed by atoms with Gasteiger partial charge in [-0.05, 0) is 43.2 Å². The minimum Gasteiger partial charge on any atom is -0.308 e. The highest BCUT2D eigenvalue weighted by Gasteiger charge is 2.11. The van der Waals surface area contributed by atoms with Gasteiger partial charge in [0, 0.05) is 22.6 Å². The zero-order valence-electron chi connectivity index (χ0n) is 12.8. The van der Waals surface area contributed by atoms with Crippen LogP contribution < -0.4 is 5.32 Å². The first-order valence-corrected chi connectivity index (χ1v) is 8.01. The highest BCUT2D eigenvalue weighted by atomic mass is 79.9. The van der Waals surface area contributed by atoms with E-state index in [1.807, 2.05) is 0 Å². The van der Waals surface area contributed by atoms with Crippen molar-refractivity contribution in [3.8, 4) is 11.3 Å². The van der Waals surface area contributed by atoms with E-state index < -0.39 is 0 Å². The Morgan fingerprint density at radius 2 is 1.86 bits per heavy atom. The molecule has 2 rings (SSSR count). The lowest BCUT2D eigenvalue weighted by Gasteiger charge is -2.17. The lowest BCUT2D eigenvalue weighted by Crippen LogP contribution is -2.30. The van der Waals surface area contributed by atoms with E-state index in [0.29, 0.717) is 33.9 Å². The quantitative estimate of drug-likeness (QED) is 0.809. The Morgan fingerprint density at radius 3 is 2.50 bits per heavy atom. The average Bonchev–Trinajstić information content (AvgIpc) is 2.44. The number of nitrogens with zero attached hydrogens (tertiary/aromatic N) is 1. The molecule has 0 bridgehead atoms. The summed E-state index contributed by atoms with van der Waals surface area (Å²) < 4.78 is 28.0. The molecule has 2 nitrogen and oxygen atoms in total. The SMILES string of the molecule is CC(C)[C@@H](C)NCc1nc(-c2cc(F)cc(Br)c2)ccc1F. The molecule has 1 heterocycles. The monoisotopic (exact) mass is 368 g/mol. The molecule has 0 saturated heterocycles. The summed E-state index contributed by atoms with van der Waals surface area (Å²) in [6, 6.07) is 7.72. The first-order chi connectivity index (χ1) is 10.4. The van der Waals surface area contributed by atoms with E-state index in [4.69, 9.17) is 0 Å². The van der Waals surface area contributed by atoms with Crippen LogP contribution in [0.5, 0.6) is 0 Å². The number of pyridine rings is 1. The van der Waals surface area contributed by atoms with Crippen LogP contribution >= 0.6 is 15.9 Å². The van der Waals surface area contributed by atoms with E-state index in [1.54, 1.807) is 12.1 Å². The van der Waals surface area contributed by atoms with Crippen LogP contribution in [0, 0.1) is 17.6 Å². The second-order valence-electron chi connectivity index (χ2n) is 5.70. The predicted molar refractivity (Wildman–Crippen MR) is 88.4 cm³/mol. The topological polar surface area (TPSA) is 24.9 Å². The Bertz CT molecular complexity index is 639. The summed E-state index contributed by atoms with van der Waals surface area (Å²) in [6.07, 6.45) is 0. The van der Waals surface area contributed by atoms with Gasteiger partial charge in [-0.15, -0.1) is 0 Å². The maximum absolute atomic E-state index is 13.9. The van der Waals surface area contributed by atoms with E-state index in [9.17, 15) is 8.78 Å². The zero-order valence-corrected chi connectivity index (χ0v) is 14.4. The lowest BCUT2D eigenvalue weighted by atomic mass is 10.1. The Hall–Kier alpha value is -1.33. The molecule has 0 aliphatic heterocycles. The Kier molecular flexibility index (Phi) is 5.64. The molecule has 1 N–H and O–H groups in total. The van der Waals surface area contributed by atoms with Crippen LogP contribution in [0.2, 0.25) is 0 Å². The van der Waals surface area contributed by atoms with Crippen molar-refractivity contribution in [1.82, 2.24) is 10.3 Å². The smallest absolute Gasteiger partial charge is 0.146 e. The molecule has 0 unspecified atom stereocenters. The molecule has 0 aliphatic rings. The van der Waals surface area contributed by atoms with Crippen molar-refractivity contribution in [3.05, 3.63) is 52.1 Å². The van der Waals surface area contributed by atoms with E-state index >= 15 is 0 Å². The van der Waals surface area contributed by atoms with E-state index in [1.165, 1.54) is 18.2 Å². The molecular formula is C17H19BrF2N2. The second-order valence-corrected chi connectivity index (χ2v) is 6.61. The van der Waals surface area contributed by atoms with Gasteiger partial charge in [0.25, 0.3) is 0 Å². The Labute approximate surface area is 138 Å². The zero-order chi connectivity index (χ0) is 16.3. The predicted octanol–water partition coefficient (Wildman–Crippen LogP) is 4.92. The summed E-state index contributed by atoms with van der Waals surface area (Å²) in [7, 11) is 0. The standard InChI is InChI=1S/C17H19BrF2N2/c1-10(2)11(3)21-9-17-15(20)4-5-16(22-17)12-6-13(18)8-14(19)7-12/h4-8,10-11,21H,9H2,1-3H3/t11-/m1/s1. The van der Waals surface area contributed by atoms with E-state index in [2.05, 4.69) is 47.0 Å². The van der Waals surface area contributed by atoms with Crippen LogP contribution in [0.25, 0.3) is 11.3 Å². The Morgan fingerprint density at radius 1 is 1.14 bits per heavy atom. The summed E-state index contributed by atoms with van der Waals surface area (Å²) in [5.74, 6) is -0.267. The van der Waals surface area contributed by atoms with Crippen molar-refractivity contribution >= 4 is 15.9 Å². The van der Waals surface area contributed by atoms with Gasteiger partial charge in [0.2, 0.25) is 0 Å². The Balaban J connectivity index is 2.26. The summed E-state index contributed by atoms with van der Waals surface area (Å²) in [6.45, 7) is 6.59. The maximum Gasteiger partial charge on any atom is 0.146 e. The highest BCUT2D eigenvalue weighted by molar-refractivity contribution is 9.10. The van der Waals surface area contributed by atoms with Gasteiger partial charge in [-0.25, -0.2) is 13.8 Å². The van der Waals surface area contributed by atoms with Crippen LogP contribution in [-0.4, -0.2) is 11.0 Å². The van der Waals surface area contributed by atoms with Gasteiger partial charge in [0.05, 0.1) is 11.4 Å². The molecule has 1 aromatic carbocycles. The van der Waals surface area contributed by atoms with Crippen LogP contribution in [-0.2, 0) is 6.54 Å². The molecule has 2 aromatic rings. The van der Waals surface area contributed by atoms with Crippen molar-refractivity contribution < 1.29 is 8.78 Å². The molecule has 0 amide bonds. The number of aromatic nitrogens is 1. The van der Waals surface area contributed by atoms with Gasteiger partial charge in [-0.1, -0.05) is 29.8 Å². The fourth-order valence-electron chi connectivity index (χ4n) is 1.96. The fourth-order valence-corrected chi connectivity index (χ4v) is 2.43. The molecule has 5 heteroatoms. The van der Waals surface area contributed by atoms with Gasteiger partial charge in [0.15, 0.2) is 0 Å². The summed E-state index contributed by atoms with van der Waals surface area (Å²) in [5.41, 5.74) is 1.51. The molecule has 1 aromatic heterocycles. The lowest BCUT2D eigenvalue weighted by molar-refractivity contribution is 0.418. The van der Waals surface area contributed by atoms with Crippen molar-refractivity contribution in [2.75, 3.05) is 0 Å². The molecule has 0 saturated carbocycles. The molecule has 0 aliphatic carbocycles. The van der Waals surface area contributed by atoms with Gasteiger partial charge in [0.1, 0.15) is 11.6 Å². The van der Waals surface area contributed by atoms with Crippen LogP contribution in [0.15, 0.2) is 34.8 Å². The number of halogens is 3.